The number of carboxylic acids is 1. The Labute approximate surface area is 219 Å². The van der Waals surface area contributed by atoms with Crippen LogP contribution in [-0.4, -0.2) is 40.0 Å². The number of rotatable bonds is 6. The molecule has 0 aromatic heterocycles. The Hall–Kier alpha value is -2.67. The fourth-order valence-corrected chi connectivity index (χ4v) is 8.08. The molecule has 0 saturated heterocycles. The number of fused-ring (bicyclic) bond motifs is 5. The molecule has 6 atom stereocenters. The summed E-state index contributed by atoms with van der Waals surface area (Å²) in [6.45, 7) is 6.99. The summed E-state index contributed by atoms with van der Waals surface area (Å²) in [5.74, 6) is 0.731. The summed E-state index contributed by atoms with van der Waals surface area (Å²) in [5, 5.41) is 27.2. The van der Waals surface area contributed by atoms with Crippen molar-refractivity contribution in [2.24, 2.45) is 33.7 Å². The van der Waals surface area contributed by atoms with Crippen molar-refractivity contribution < 1.29 is 24.6 Å². The van der Waals surface area contributed by atoms with E-state index in [1.54, 1.807) is 12.1 Å². The number of nitrogens with zero attached hydrogens (tertiary/aromatic N) is 1. The predicted octanol–water partition coefficient (Wildman–Crippen LogP) is 5.09. The Balaban J connectivity index is 1.16. The highest BCUT2D eigenvalue weighted by Crippen LogP contribution is 2.67. The minimum atomic E-state index is -0.973. The van der Waals surface area contributed by atoms with Gasteiger partial charge in [0.05, 0.1) is 16.9 Å². The topological polar surface area (TPSA) is 108 Å². The van der Waals surface area contributed by atoms with Gasteiger partial charge in [-0.25, -0.2) is 4.79 Å². The van der Waals surface area contributed by atoms with Crippen molar-refractivity contribution in [2.45, 2.75) is 84.3 Å². The molecule has 0 aliphatic heterocycles. The summed E-state index contributed by atoms with van der Waals surface area (Å²) in [6.07, 6.45) is 10.8. The maximum Gasteiger partial charge on any atom is 0.335 e. The third-order valence-corrected chi connectivity index (χ3v) is 10.6. The second-order valence-corrected chi connectivity index (χ2v) is 12.4. The van der Waals surface area contributed by atoms with Crippen LogP contribution in [0.5, 0.6) is 0 Å². The van der Waals surface area contributed by atoms with E-state index in [1.165, 1.54) is 30.5 Å². The van der Waals surface area contributed by atoms with E-state index in [2.05, 4.69) is 37.3 Å². The zero-order chi connectivity index (χ0) is 26.4. The Bertz CT molecular complexity index is 1120. The molecule has 3 saturated carbocycles. The summed E-state index contributed by atoms with van der Waals surface area (Å²) in [7, 11) is 0. The van der Waals surface area contributed by atoms with Crippen molar-refractivity contribution in [2.75, 3.05) is 6.61 Å². The predicted molar refractivity (Wildman–Crippen MR) is 141 cm³/mol. The van der Waals surface area contributed by atoms with E-state index in [4.69, 9.17) is 9.94 Å². The van der Waals surface area contributed by atoms with Gasteiger partial charge >= 0.3 is 5.97 Å². The van der Waals surface area contributed by atoms with E-state index in [-0.39, 0.29) is 28.9 Å². The summed E-state index contributed by atoms with van der Waals surface area (Å²) < 4.78 is 0. The number of benzene rings is 1. The lowest BCUT2D eigenvalue weighted by Gasteiger charge is -2.59. The highest BCUT2D eigenvalue weighted by atomic mass is 16.6. The van der Waals surface area contributed by atoms with Gasteiger partial charge in [0.2, 0.25) is 0 Å². The number of aliphatic hydroxyl groups is 1. The van der Waals surface area contributed by atoms with E-state index in [9.17, 15) is 14.7 Å². The van der Waals surface area contributed by atoms with Crippen LogP contribution in [-0.2, 0) is 16.2 Å². The average Bonchev–Trinajstić information content (AvgIpc) is 3.11. The number of hydrogen-bond acceptors (Lipinski definition) is 5. The molecular weight excluding hydrogens is 468 g/mol. The molecule has 0 bridgehead atoms. The molecule has 3 fully saturated rings. The van der Waals surface area contributed by atoms with Crippen LogP contribution in [0.15, 0.2) is 41.1 Å². The fraction of sp³-hybridized carbons (Fsp3) is 0.633. The van der Waals surface area contributed by atoms with Crippen LogP contribution >= 0.6 is 0 Å². The maximum absolute atomic E-state index is 12.2. The minimum absolute atomic E-state index is 0.0450. The lowest BCUT2D eigenvalue weighted by Crippen LogP contribution is -2.53. The average molecular weight is 509 g/mol. The molecule has 4 aliphatic carbocycles. The molecule has 5 rings (SSSR count). The van der Waals surface area contributed by atoms with E-state index >= 15 is 0 Å². The summed E-state index contributed by atoms with van der Waals surface area (Å²) >= 11 is 0. The molecule has 4 aliphatic rings. The number of carbonyl (C=O) groups excluding carboxylic acids is 1. The van der Waals surface area contributed by atoms with Crippen molar-refractivity contribution in [3.05, 3.63) is 47.0 Å². The maximum atomic E-state index is 12.2. The van der Waals surface area contributed by atoms with Gasteiger partial charge in [-0.2, -0.15) is 0 Å². The first kappa shape index (κ1) is 26.0. The number of carbonyl (C=O) groups is 2. The number of oxime groups is 1. The molecule has 1 aromatic rings. The van der Waals surface area contributed by atoms with Gasteiger partial charge in [-0.3, -0.25) is 4.79 Å². The van der Waals surface area contributed by atoms with Gasteiger partial charge in [0, 0.05) is 6.54 Å². The molecule has 7 heteroatoms. The lowest BCUT2D eigenvalue weighted by molar-refractivity contribution is -0.125. The Morgan fingerprint density at radius 3 is 2.49 bits per heavy atom. The van der Waals surface area contributed by atoms with Gasteiger partial charge in [0.25, 0.3) is 5.91 Å². The standard InChI is InChI=1S/C30H40N2O5/c1-28-13-10-22(32-37-18-26(33)31-17-19-4-6-20(7-5-19)27(34)35)16-21(28)8-9-23-24(28)11-14-29(2)25(23)12-15-30(29,3)36/h4-7,16,23-25,36H,8-15,17-18H2,1-3H3,(H,31,33)(H,34,35)/t23-,24+,25+,28+,29+,30+/m1/s1. The van der Waals surface area contributed by atoms with Crippen LogP contribution in [0.1, 0.15) is 88.1 Å². The molecule has 3 N–H and O–H groups in total. The number of amides is 1. The van der Waals surface area contributed by atoms with Gasteiger partial charge in [0.15, 0.2) is 6.61 Å². The van der Waals surface area contributed by atoms with E-state index < -0.39 is 11.6 Å². The van der Waals surface area contributed by atoms with Gasteiger partial charge < -0.3 is 20.4 Å². The molecular formula is C30H40N2O5. The Kier molecular flexibility index (Phi) is 6.71. The second kappa shape index (κ2) is 9.57. The number of allylic oxidation sites excluding steroid dienone is 2. The highest BCUT2D eigenvalue weighted by Gasteiger charge is 2.62. The quantitative estimate of drug-likeness (QED) is 0.464. The van der Waals surface area contributed by atoms with Crippen LogP contribution in [0, 0.1) is 28.6 Å². The highest BCUT2D eigenvalue weighted by molar-refractivity contribution is 5.96. The van der Waals surface area contributed by atoms with E-state index in [1.807, 2.05) is 0 Å². The van der Waals surface area contributed by atoms with Crippen molar-refractivity contribution in [3.63, 3.8) is 0 Å². The number of aromatic carboxylic acids is 1. The van der Waals surface area contributed by atoms with Crippen LogP contribution < -0.4 is 5.32 Å². The van der Waals surface area contributed by atoms with Gasteiger partial charge in [0.1, 0.15) is 0 Å². The minimum Gasteiger partial charge on any atom is -0.478 e. The number of carboxylic acid groups (broad SMARTS) is 1. The Morgan fingerprint density at radius 1 is 1.03 bits per heavy atom. The first-order valence-corrected chi connectivity index (χ1v) is 13.7. The lowest BCUT2D eigenvalue weighted by atomic mass is 9.46. The van der Waals surface area contributed by atoms with Crippen molar-refractivity contribution in [1.29, 1.82) is 0 Å². The van der Waals surface area contributed by atoms with Crippen molar-refractivity contribution in [3.8, 4) is 0 Å². The molecule has 0 spiro atoms. The van der Waals surface area contributed by atoms with Crippen molar-refractivity contribution >= 4 is 17.6 Å². The second-order valence-electron chi connectivity index (χ2n) is 12.4. The molecule has 0 unspecified atom stereocenters. The first-order chi connectivity index (χ1) is 17.5. The molecule has 0 heterocycles. The normalized spacial score (nSPS) is 37.7. The van der Waals surface area contributed by atoms with Gasteiger partial charge in [-0.05, 0) is 111 Å². The number of nitrogens with one attached hydrogen (secondary N) is 1. The molecule has 1 aromatic carbocycles. The zero-order valence-electron chi connectivity index (χ0n) is 22.3. The van der Waals surface area contributed by atoms with E-state index in [0.717, 1.165) is 49.8 Å². The first-order valence-electron chi connectivity index (χ1n) is 13.7. The summed E-state index contributed by atoms with van der Waals surface area (Å²) in [4.78, 5) is 28.6. The van der Waals surface area contributed by atoms with Crippen LogP contribution in [0.3, 0.4) is 0 Å². The smallest absolute Gasteiger partial charge is 0.335 e. The zero-order valence-corrected chi connectivity index (χ0v) is 22.3. The molecule has 0 radical (unpaired) electrons. The fourth-order valence-electron chi connectivity index (χ4n) is 8.08. The van der Waals surface area contributed by atoms with Crippen LogP contribution in [0.2, 0.25) is 0 Å². The monoisotopic (exact) mass is 508 g/mol. The SMILES string of the molecule is C[C@]12CCC(=NOCC(=O)NCc3ccc(C(=O)O)cc3)C=C1CC[C@@H]1[C@@H]2CC[C@@]2(C)[C@H]1CC[C@]2(C)O. The van der Waals surface area contributed by atoms with Gasteiger partial charge in [-0.15, -0.1) is 0 Å². The number of hydrogen-bond donors (Lipinski definition) is 3. The molecule has 37 heavy (non-hydrogen) atoms. The molecule has 200 valence electrons. The van der Waals surface area contributed by atoms with Crippen LogP contribution in [0.4, 0.5) is 0 Å². The Morgan fingerprint density at radius 2 is 1.76 bits per heavy atom. The molecule has 7 nitrogen and oxygen atoms in total. The third kappa shape index (κ3) is 4.60. The largest absolute Gasteiger partial charge is 0.478 e. The van der Waals surface area contributed by atoms with Gasteiger partial charge in [-0.1, -0.05) is 36.7 Å². The summed E-state index contributed by atoms with van der Waals surface area (Å²) in [6, 6.07) is 6.42. The van der Waals surface area contributed by atoms with Crippen LogP contribution in [0.25, 0.3) is 0 Å². The van der Waals surface area contributed by atoms with E-state index in [0.29, 0.717) is 24.3 Å². The summed E-state index contributed by atoms with van der Waals surface area (Å²) in [5.41, 5.74) is 3.11. The third-order valence-electron chi connectivity index (χ3n) is 10.6. The molecule has 1 amide bonds. The van der Waals surface area contributed by atoms with Crippen molar-refractivity contribution in [1.82, 2.24) is 5.32 Å².